The van der Waals surface area contributed by atoms with Gasteiger partial charge in [-0.05, 0) is 39.5 Å². The lowest BCUT2D eigenvalue weighted by Gasteiger charge is -2.19. The number of carbonyl (C=O) groups excluding carboxylic acids is 1. The van der Waals surface area contributed by atoms with Gasteiger partial charge in [0.15, 0.2) is 0 Å². The third-order valence-corrected chi connectivity index (χ3v) is 4.62. The van der Waals surface area contributed by atoms with E-state index in [2.05, 4.69) is 20.2 Å². The first-order chi connectivity index (χ1) is 10.1. The molecule has 1 amide bonds. The fraction of sp³-hybridized carbons (Fsp3) is 0.688. The van der Waals surface area contributed by atoms with Gasteiger partial charge in [0.25, 0.3) is 0 Å². The number of hydrogen-bond acceptors (Lipinski definition) is 4. The summed E-state index contributed by atoms with van der Waals surface area (Å²) >= 11 is 0. The molecular weight excluding hydrogens is 264 g/mol. The third kappa shape index (κ3) is 3.01. The van der Waals surface area contributed by atoms with Crippen LogP contribution in [0.4, 0.5) is 11.6 Å². The first-order valence-corrected chi connectivity index (χ1v) is 8.06. The quantitative estimate of drug-likeness (QED) is 0.929. The Morgan fingerprint density at radius 3 is 2.19 bits per heavy atom. The second-order valence-corrected chi connectivity index (χ2v) is 6.23. The first-order valence-electron chi connectivity index (χ1n) is 8.06. The Morgan fingerprint density at radius 1 is 1.05 bits per heavy atom. The zero-order valence-electron chi connectivity index (χ0n) is 13.0. The van der Waals surface area contributed by atoms with Gasteiger partial charge in [-0.25, -0.2) is 9.97 Å². The van der Waals surface area contributed by atoms with E-state index in [-0.39, 0.29) is 11.8 Å². The van der Waals surface area contributed by atoms with Crippen molar-refractivity contribution in [2.75, 3.05) is 23.3 Å². The van der Waals surface area contributed by atoms with Gasteiger partial charge in [-0.15, -0.1) is 0 Å². The maximum absolute atomic E-state index is 12.3. The summed E-state index contributed by atoms with van der Waals surface area (Å²) < 4.78 is 0. The fourth-order valence-corrected chi connectivity index (χ4v) is 3.35. The summed E-state index contributed by atoms with van der Waals surface area (Å²) in [7, 11) is 0. The average molecular weight is 288 g/mol. The highest BCUT2D eigenvalue weighted by Crippen LogP contribution is 2.28. The molecule has 5 heteroatoms. The van der Waals surface area contributed by atoms with Gasteiger partial charge in [-0.1, -0.05) is 12.8 Å². The maximum Gasteiger partial charge on any atom is 0.227 e. The van der Waals surface area contributed by atoms with Crippen LogP contribution in [-0.2, 0) is 4.79 Å². The van der Waals surface area contributed by atoms with E-state index >= 15 is 0 Å². The molecule has 0 aromatic carbocycles. The molecule has 114 valence electrons. The zero-order chi connectivity index (χ0) is 14.8. The summed E-state index contributed by atoms with van der Waals surface area (Å²) in [4.78, 5) is 23.7. The van der Waals surface area contributed by atoms with E-state index in [0.717, 1.165) is 49.0 Å². The molecule has 1 N–H and O–H groups in total. The lowest BCUT2D eigenvalue weighted by Crippen LogP contribution is -2.24. The van der Waals surface area contributed by atoms with Crippen LogP contribution >= 0.6 is 0 Å². The Balaban J connectivity index is 1.77. The fourth-order valence-electron chi connectivity index (χ4n) is 3.35. The molecule has 1 aromatic heterocycles. The van der Waals surface area contributed by atoms with Gasteiger partial charge >= 0.3 is 0 Å². The number of anilines is 2. The van der Waals surface area contributed by atoms with Crippen molar-refractivity contribution in [2.45, 2.75) is 52.4 Å². The predicted octanol–water partition coefficient (Wildman–Crippen LogP) is 2.82. The molecule has 0 unspecified atom stereocenters. The normalized spacial score (nSPS) is 19.2. The van der Waals surface area contributed by atoms with Gasteiger partial charge in [0.05, 0.1) is 17.1 Å². The van der Waals surface area contributed by atoms with Crippen molar-refractivity contribution in [1.82, 2.24) is 9.97 Å². The SMILES string of the molecule is Cc1nc(N2CCCC2)nc(C)c1NC(=O)C1CCCC1. The Bertz CT molecular complexity index is 508. The standard InChI is InChI=1S/C16H24N4O/c1-11-14(19-15(21)13-7-3-4-8-13)12(2)18-16(17-11)20-9-5-6-10-20/h13H,3-10H2,1-2H3,(H,19,21). The van der Waals surface area contributed by atoms with E-state index in [0.29, 0.717) is 0 Å². The second kappa shape index (κ2) is 6.00. The zero-order valence-corrected chi connectivity index (χ0v) is 13.0. The molecule has 1 saturated carbocycles. The highest BCUT2D eigenvalue weighted by Gasteiger charge is 2.24. The number of aryl methyl sites for hydroxylation is 2. The number of aromatic nitrogens is 2. The van der Waals surface area contributed by atoms with Crippen molar-refractivity contribution in [1.29, 1.82) is 0 Å². The van der Waals surface area contributed by atoms with Crippen LogP contribution in [0.3, 0.4) is 0 Å². The highest BCUT2D eigenvalue weighted by atomic mass is 16.1. The number of nitrogens with one attached hydrogen (secondary N) is 1. The second-order valence-electron chi connectivity index (χ2n) is 6.23. The Morgan fingerprint density at radius 2 is 1.62 bits per heavy atom. The predicted molar refractivity (Wildman–Crippen MR) is 83.5 cm³/mol. The smallest absolute Gasteiger partial charge is 0.227 e. The van der Waals surface area contributed by atoms with E-state index in [1.807, 2.05) is 13.8 Å². The van der Waals surface area contributed by atoms with Gasteiger partial charge in [-0.2, -0.15) is 0 Å². The molecule has 1 aliphatic carbocycles. The summed E-state index contributed by atoms with van der Waals surface area (Å²) in [6, 6.07) is 0. The molecule has 0 atom stereocenters. The van der Waals surface area contributed by atoms with Crippen LogP contribution in [0, 0.1) is 19.8 Å². The van der Waals surface area contributed by atoms with E-state index in [1.54, 1.807) is 0 Å². The molecule has 1 aromatic rings. The van der Waals surface area contributed by atoms with Crippen LogP contribution in [0.15, 0.2) is 0 Å². The van der Waals surface area contributed by atoms with Crippen molar-refractivity contribution >= 4 is 17.5 Å². The molecule has 21 heavy (non-hydrogen) atoms. The van der Waals surface area contributed by atoms with E-state index in [9.17, 15) is 4.79 Å². The number of carbonyl (C=O) groups is 1. The summed E-state index contributed by atoms with van der Waals surface area (Å²) in [6.07, 6.45) is 6.78. The molecule has 0 spiro atoms. The monoisotopic (exact) mass is 288 g/mol. The summed E-state index contributed by atoms with van der Waals surface area (Å²) in [5, 5.41) is 3.06. The number of amides is 1. The molecular formula is C16H24N4O. The van der Waals surface area contributed by atoms with Gasteiger partial charge < -0.3 is 10.2 Å². The lowest BCUT2D eigenvalue weighted by molar-refractivity contribution is -0.119. The molecule has 1 saturated heterocycles. The molecule has 1 aliphatic heterocycles. The van der Waals surface area contributed by atoms with Crippen LogP contribution in [0.5, 0.6) is 0 Å². The maximum atomic E-state index is 12.3. The van der Waals surface area contributed by atoms with E-state index in [1.165, 1.54) is 25.7 Å². The molecule has 0 radical (unpaired) electrons. The largest absolute Gasteiger partial charge is 0.341 e. The van der Waals surface area contributed by atoms with Crippen molar-refractivity contribution in [3.05, 3.63) is 11.4 Å². The minimum absolute atomic E-state index is 0.135. The van der Waals surface area contributed by atoms with Crippen LogP contribution in [-0.4, -0.2) is 29.0 Å². The number of hydrogen-bond donors (Lipinski definition) is 1. The highest BCUT2D eigenvalue weighted by molar-refractivity contribution is 5.93. The summed E-state index contributed by atoms with van der Waals surface area (Å²) in [5.74, 6) is 1.11. The topological polar surface area (TPSA) is 58.1 Å². The van der Waals surface area contributed by atoms with E-state index in [4.69, 9.17) is 0 Å². The molecule has 2 aliphatic rings. The Kier molecular flexibility index (Phi) is 4.08. The van der Waals surface area contributed by atoms with Gasteiger partial charge in [-0.3, -0.25) is 4.79 Å². The van der Waals surface area contributed by atoms with E-state index < -0.39 is 0 Å². The minimum Gasteiger partial charge on any atom is -0.341 e. The average Bonchev–Trinajstić information content (AvgIpc) is 3.14. The van der Waals surface area contributed by atoms with Crippen molar-refractivity contribution in [3.63, 3.8) is 0 Å². The van der Waals surface area contributed by atoms with Crippen LogP contribution in [0.25, 0.3) is 0 Å². The minimum atomic E-state index is 0.135. The molecule has 2 fully saturated rings. The van der Waals surface area contributed by atoms with Crippen LogP contribution in [0.1, 0.15) is 49.9 Å². The molecule has 0 bridgehead atoms. The number of rotatable bonds is 3. The van der Waals surface area contributed by atoms with Crippen molar-refractivity contribution in [3.8, 4) is 0 Å². The molecule has 2 heterocycles. The summed E-state index contributed by atoms with van der Waals surface area (Å²) in [6.45, 7) is 5.98. The first kappa shape index (κ1) is 14.3. The van der Waals surface area contributed by atoms with Crippen molar-refractivity contribution < 1.29 is 4.79 Å². The van der Waals surface area contributed by atoms with Crippen LogP contribution in [0.2, 0.25) is 0 Å². The van der Waals surface area contributed by atoms with Crippen molar-refractivity contribution in [2.24, 2.45) is 5.92 Å². The van der Waals surface area contributed by atoms with Crippen LogP contribution < -0.4 is 10.2 Å². The molecule has 3 rings (SSSR count). The Hall–Kier alpha value is -1.65. The van der Waals surface area contributed by atoms with Gasteiger partial charge in [0.1, 0.15) is 0 Å². The van der Waals surface area contributed by atoms with Gasteiger partial charge in [0.2, 0.25) is 11.9 Å². The number of nitrogens with zero attached hydrogens (tertiary/aromatic N) is 3. The summed E-state index contributed by atoms with van der Waals surface area (Å²) in [5.41, 5.74) is 2.54. The van der Waals surface area contributed by atoms with Gasteiger partial charge in [0, 0.05) is 19.0 Å². The third-order valence-electron chi connectivity index (χ3n) is 4.62. The lowest BCUT2D eigenvalue weighted by atomic mass is 10.1. The molecule has 5 nitrogen and oxygen atoms in total. The Labute approximate surface area is 126 Å².